The first-order chi connectivity index (χ1) is 11.2. The number of hydrogen-bond acceptors (Lipinski definition) is 5. The normalized spacial score (nSPS) is 19.8. The van der Waals surface area contributed by atoms with E-state index in [0.717, 1.165) is 19.4 Å². The summed E-state index contributed by atoms with van der Waals surface area (Å²) in [6, 6.07) is -0.0788. The molecule has 1 saturated heterocycles. The van der Waals surface area contributed by atoms with Crippen molar-refractivity contribution in [3.05, 3.63) is 0 Å². The Morgan fingerprint density at radius 2 is 2.12 bits per heavy atom. The highest BCUT2D eigenvalue weighted by atomic mass is 32.2. The van der Waals surface area contributed by atoms with Crippen LogP contribution in [0.2, 0.25) is 0 Å². The molecule has 140 valence electrons. The highest BCUT2D eigenvalue weighted by Gasteiger charge is 2.17. The van der Waals surface area contributed by atoms with E-state index in [1.54, 1.807) is 14.1 Å². The monoisotopic (exact) mass is 362 g/mol. The highest BCUT2D eigenvalue weighted by molar-refractivity contribution is 7.90. The summed E-state index contributed by atoms with van der Waals surface area (Å²) in [6.45, 7) is 3.31. The lowest BCUT2D eigenvalue weighted by Gasteiger charge is -2.20. The van der Waals surface area contributed by atoms with Crippen LogP contribution in [-0.2, 0) is 19.4 Å². The Labute approximate surface area is 144 Å². The van der Waals surface area contributed by atoms with E-state index in [4.69, 9.17) is 4.74 Å². The Morgan fingerprint density at radius 1 is 1.42 bits per heavy atom. The summed E-state index contributed by atoms with van der Waals surface area (Å²) in [5.74, 6) is 0.510. The van der Waals surface area contributed by atoms with Crippen molar-refractivity contribution in [2.75, 3.05) is 45.8 Å². The van der Waals surface area contributed by atoms with Crippen LogP contribution in [0.15, 0.2) is 4.99 Å². The Morgan fingerprint density at radius 3 is 2.67 bits per heavy atom. The molecule has 1 heterocycles. The minimum absolute atomic E-state index is 0.0344. The lowest BCUT2D eigenvalue weighted by molar-refractivity contribution is -0.127. The van der Waals surface area contributed by atoms with Gasteiger partial charge in [-0.05, 0) is 26.2 Å². The van der Waals surface area contributed by atoms with Gasteiger partial charge in [-0.2, -0.15) is 0 Å². The van der Waals surface area contributed by atoms with E-state index in [1.807, 2.05) is 6.92 Å². The molecule has 1 aliphatic heterocycles. The van der Waals surface area contributed by atoms with Crippen molar-refractivity contribution in [3.63, 3.8) is 0 Å². The Hall–Kier alpha value is -1.35. The number of carbonyl (C=O) groups excluding carboxylic acids is 1. The number of rotatable bonds is 8. The molecule has 0 spiro atoms. The molecule has 0 aliphatic carbocycles. The fraction of sp³-hybridized carbons (Fsp3) is 0.867. The van der Waals surface area contributed by atoms with Gasteiger partial charge < -0.3 is 20.3 Å². The zero-order valence-electron chi connectivity index (χ0n) is 15.0. The van der Waals surface area contributed by atoms with Crippen LogP contribution in [0.4, 0.5) is 0 Å². The molecular weight excluding hydrogens is 332 g/mol. The SMILES string of the molecule is CC(CCS(C)(=O)=O)NC(=NCC(=O)N(C)C)NCC1CCCO1. The molecule has 2 N–H and O–H groups in total. The number of nitrogens with one attached hydrogen (secondary N) is 2. The molecule has 1 amide bonds. The molecular formula is C15H30N4O4S. The third-order valence-electron chi connectivity index (χ3n) is 3.70. The van der Waals surface area contributed by atoms with Gasteiger partial charge in [0.15, 0.2) is 5.96 Å². The van der Waals surface area contributed by atoms with Crippen LogP contribution in [0.5, 0.6) is 0 Å². The smallest absolute Gasteiger partial charge is 0.243 e. The average molecular weight is 362 g/mol. The Kier molecular flexibility index (Phi) is 8.47. The molecule has 0 bridgehead atoms. The molecule has 0 radical (unpaired) electrons. The highest BCUT2D eigenvalue weighted by Crippen LogP contribution is 2.10. The van der Waals surface area contributed by atoms with Crippen LogP contribution in [0.3, 0.4) is 0 Å². The average Bonchev–Trinajstić information content (AvgIpc) is 3.00. The van der Waals surface area contributed by atoms with Gasteiger partial charge in [0.25, 0.3) is 0 Å². The Balaban J connectivity index is 2.57. The van der Waals surface area contributed by atoms with Gasteiger partial charge in [-0.1, -0.05) is 0 Å². The predicted molar refractivity (Wildman–Crippen MR) is 94.9 cm³/mol. The predicted octanol–water partition coefficient (Wildman–Crippen LogP) is -0.388. The minimum Gasteiger partial charge on any atom is -0.376 e. The van der Waals surface area contributed by atoms with Crippen molar-refractivity contribution in [3.8, 4) is 0 Å². The van der Waals surface area contributed by atoms with E-state index in [0.29, 0.717) is 18.9 Å². The fourth-order valence-corrected chi connectivity index (χ4v) is 2.93. The number of aliphatic imine (C=N–C) groups is 1. The summed E-state index contributed by atoms with van der Waals surface area (Å²) in [7, 11) is 0.362. The molecule has 0 aromatic rings. The molecule has 2 unspecified atom stereocenters. The van der Waals surface area contributed by atoms with Gasteiger partial charge in [-0.15, -0.1) is 0 Å². The molecule has 0 aromatic heterocycles. The maximum Gasteiger partial charge on any atom is 0.243 e. The molecule has 1 rings (SSSR count). The van der Waals surface area contributed by atoms with Gasteiger partial charge in [0.05, 0.1) is 11.9 Å². The molecule has 2 atom stereocenters. The quantitative estimate of drug-likeness (QED) is 0.451. The van der Waals surface area contributed by atoms with Crippen molar-refractivity contribution in [1.29, 1.82) is 0 Å². The topological polar surface area (TPSA) is 100 Å². The van der Waals surface area contributed by atoms with Crippen molar-refractivity contribution in [2.45, 2.75) is 38.3 Å². The summed E-state index contributed by atoms with van der Waals surface area (Å²) in [5, 5.41) is 6.33. The maximum absolute atomic E-state index is 11.7. The maximum atomic E-state index is 11.7. The summed E-state index contributed by atoms with van der Waals surface area (Å²) < 4.78 is 28.1. The van der Waals surface area contributed by atoms with E-state index < -0.39 is 9.84 Å². The largest absolute Gasteiger partial charge is 0.376 e. The summed E-state index contributed by atoms with van der Waals surface area (Å²) in [5.41, 5.74) is 0. The molecule has 1 aliphatic rings. The van der Waals surface area contributed by atoms with Crippen molar-refractivity contribution in [1.82, 2.24) is 15.5 Å². The van der Waals surface area contributed by atoms with Gasteiger partial charge in [-0.3, -0.25) is 4.79 Å². The summed E-state index contributed by atoms with van der Waals surface area (Å²) in [6.07, 6.45) is 3.89. The lowest BCUT2D eigenvalue weighted by Crippen LogP contribution is -2.45. The standard InChI is InChI=1S/C15H30N4O4S/c1-12(7-9-24(4,21)22)18-15(17-11-14(20)19(2)3)16-10-13-6-5-8-23-13/h12-13H,5-11H2,1-4H3,(H2,16,17,18). The van der Waals surface area contributed by atoms with Gasteiger partial charge in [-0.25, -0.2) is 13.4 Å². The fourth-order valence-electron chi connectivity index (χ4n) is 2.15. The second-order valence-electron chi connectivity index (χ2n) is 6.43. The van der Waals surface area contributed by atoms with Crippen LogP contribution < -0.4 is 10.6 Å². The van der Waals surface area contributed by atoms with E-state index in [9.17, 15) is 13.2 Å². The third-order valence-corrected chi connectivity index (χ3v) is 4.67. The first-order valence-electron chi connectivity index (χ1n) is 8.21. The van der Waals surface area contributed by atoms with Crippen LogP contribution >= 0.6 is 0 Å². The molecule has 0 saturated carbocycles. The minimum atomic E-state index is -3.00. The van der Waals surface area contributed by atoms with E-state index in [-0.39, 0.29) is 30.4 Å². The molecule has 1 fully saturated rings. The lowest BCUT2D eigenvalue weighted by atomic mass is 10.2. The molecule has 9 heteroatoms. The van der Waals surface area contributed by atoms with Crippen molar-refractivity contribution >= 4 is 21.7 Å². The van der Waals surface area contributed by atoms with E-state index >= 15 is 0 Å². The number of sulfone groups is 1. The number of likely N-dealkylation sites (N-methyl/N-ethyl adjacent to an activating group) is 1. The van der Waals surface area contributed by atoms with Crippen LogP contribution in [0.1, 0.15) is 26.2 Å². The summed E-state index contributed by atoms with van der Waals surface area (Å²) in [4.78, 5) is 17.5. The Bertz CT molecular complexity index is 528. The van der Waals surface area contributed by atoms with E-state index in [2.05, 4.69) is 15.6 Å². The number of carbonyl (C=O) groups is 1. The van der Waals surface area contributed by atoms with E-state index in [1.165, 1.54) is 11.2 Å². The van der Waals surface area contributed by atoms with Crippen LogP contribution in [0.25, 0.3) is 0 Å². The number of nitrogens with zero attached hydrogens (tertiary/aromatic N) is 2. The number of amides is 1. The summed E-state index contributed by atoms with van der Waals surface area (Å²) >= 11 is 0. The molecule has 8 nitrogen and oxygen atoms in total. The molecule has 24 heavy (non-hydrogen) atoms. The number of guanidine groups is 1. The van der Waals surface area contributed by atoms with Gasteiger partial charge in [0.1, 0.15) is 16.4 Å². The zero-order valence-corrected chi connectivity index (χ0v) is 15.9. The third kappa shape index (κ3) is 9.07. The second-order valence-corrected chi connectivity index (χ2v) is 8.69. The number of ether oxygens (including phenoxy) is 1. The molecule has 0 aromatic carbocycles. The zero-order chi connectivity index (χ0) is 18.2. The first-order valence-corrected chi connectivity index (χ1v) is 10.3. The van der Waals surface area contributed by atoms with Gasteiger partial charge in [0.2, 0.25) is 5.91 Å². The van der Waals surface area contributed by atoms with Crippen LogP contribution in [0, 0.1) is 0 Å². The van der Waals surface area contributed by atoms with Gasteiger partial charge >= 0.3 is 0 Å². The number of hydrogen-bond donors (Lipinski definition) is 2. The van der Waals surface area contributed by atoms with Gasteiger partial charge in [0, 0.05) is 39.5 Å². The van der Waals surface area contributed by atoms with Crippen molar-refractivity contribution < 1.29 is 17.9 Å². The van der Waals surface area contributed by atoms with Crippen molar-refractivity contribution in [2.24, 2.45) is 4.99 Å². The van der Waals surface area contributed by atoms with Crippen LogP contribution in [-0.4, -0.2) is 83.1 Å². The second kappa shape index (κ2) is 9.83. The first kappa shape index (κ1) is 20.7.